The van der Waals surface area contributed by atoms with Crippen LogP contribution in [0, 0.1) is 0 Å². The van der Waals surface area contributed by atoms with Crippen LogP contribution in [0.15, 0.2) is 83.9 Å². The molecule has 1 amide bonds. The number of benzene rings is 3. The number of carbonyl (C=O) groups excluding carboxylic acids is 1. The summed E-state index contributed by atoms with van der Waals surface area (Å²) in [5, 5.41) is 3.04. The minimum absolute atomic E-state index is 0.108. The predicted molar refractivity (Wildman–Crippen MR) is 148 cm³/mol. The molecule has 0 radical (unpaired) electrons. The van der Waals surface area contributed by atoms with Crippen molar-refractivity contribution in [3.63, 3.8) is 0 Å². The van der Waals surface area contributed by atoms with Crippen LogP contribution in [0.5, 0.6) is 11.5 Å². The molecule has 1 N–H and O–H groups in total. The first-order valence-corrected chi connectivity index (χ1v) is 13.0. The van der Waals surface area contributed by atoms with Gasteiger partial charge in [0.15, 0.2) is 11.5 Å². The molecule has 0 spiro atoms. The highest BCUT2D eigenvalue weighted by Crippen LogP contribution is 2.43. The zero-order valence-corrected chi connectivity index (χ0v) is 21.4. The Labute approximate surface area is 218 Å². The molecule has 1 atom stereocenters. The third-order valence-electron chi connectivity index (χ3n) is 6.62. The molecule has 2 aliphatic rings. The third kappa shape index (κ3) is 5.59. The van der Waals surface area contributed by atoms with Crippen molar-refractivity contribution in [2.75, 3.05) is 31.6 Å². The van der Waals surface area contributed by atoms with Gasteiger partial charge in [-0.3, -0.25) is 14.7 Å². The van der Waals surface area contributed by atoms with Crippen molar-refractivity contribution in [1.29, 1.82) is 0 Å². The number of rotatable bonds is 9. The average Bonchev–Trinajstić information content (AvgIpc) is 3.24. The Balaban J connectivity index is 1.51. The summed E-state index contributed by atoms with van der Waals surface area (Å²) >= 11 is 0. The number of hydrogen-bond donors (Lipinski definition) is 1. The van der Waals surface area contributed by atoms with E-state index in [1.54, 1.807) is 0 Å². The maximum absolute atomic E-state index is 13.4. The molecule has 0 aliphatic carbocycles. The Morgan fingerprint density at radius 3 is 2.38 bits per heavy atom. The van der Waals surface area contributed by atoms with Crippen LogP contribution in [0.2, 0.25) is 0 Å². The highest BCUT2D eigenvalue weighted by molar-refractivity contribution is 6.24. The van der Waals surface area contributed by atoms with Crippen LogP contribution in [0.1, 0.15) is 42.9 Å². The van der Waals surface area contributed by atoms with E-state index in [1.165, 1.54) is 5.56 Å². The Kier molecular flexibility index (Phi) is 7.66. The highest BCUT2D eigenvalue weighted by atomic mass is 16.5. The van der Waals surface area contributed by atoms with Gasteiger partial charge in [0.05, 0.1) is 24.6 Å². The molecule has 6 heteroatoms. The highest BCUT2D eigenvalue weighted by Gasteiger charge is 2.36. The molecule has 3 aromatic carbocycles. The van der Waals surface area contributed by atoms with Crippen LogP contribution in [-0.2, 0) is 11.3 Å². The van der Waals surface area contributed by atoms with Crippen molar-refractivity contribution < 1.29 is 14.3 Å². The van der Waals surface area contributed by atoms with E-state index in [0.717, 1.165) is 48.6 Å². The van der Waals surface area contributed by atoms with E-state index in [-0.39, 0.29) is 5.91 Å². The van der Waals surface area contributed by atoms with Crippen LogP contribution in [-0.4, -0.2) is 42.8 Å². The minimum atomic E-state index is -0.563. The largest absolute Gasteiger partial charge is 0.490 e. The molecule has 0 saturated heterocycles. The van der Waals surface area contributed by atoms with E-state index in [4.69, 9.17) is 14.5 Å². The van der Waals surface area contributed by atoms with Gasteiger partial charge in [-0.1, -0.05) is 54.6 Å². The molecule has 0 saturated carbocycles. The zero-order chi connectivity index (χ0) is 25.6. The van der Waals surface area contributed by atoms with E-state index < -0.39 is 5.92 Å². The van der Waals surface area contributed by atoms with E-state index in [0.29, 0.717) is 30.4 Å². The van der Waals surface area contributed by atoms with Gasteiger partial charge in [0, 0.05) is 31.4 Å². The van der Waals surface area contributed by atoms with Crippen molar-refractivity contribution in [1.82, 2.24) is 4.90 Å². The number of carbonyl (C=O) groups is 1. The number of amides is 1. The second-order valence-corrected chi connectivity index (χ2v) is 9.20. The second kappa shape index (κ2) is 11.4. The van der Waals surface area contributed by atoms with E-state index >= 15 is 0 Å². The van der Waals surface area contributed by atoms with Gasteiger partial charge in [-0.05, 0) is 55.2 Å². The standard InChI is InChI=1S/C31H33N3O3/c1-3-36-27-19-25-26(20-28(27)37-4-2)33-31(35)29(25)30(23-11-7-5-8-12-23)32-24-15-13-22(14-16-24)21-34-17-9-6-10-18-34/h5-9,11-16,19-20,29H,3-4,10,17-18,21H2,1-2H3,(H,33,35). The Bertz CT molecular complexity index is 1300. The summed E-state index contributed by atoms with van der Waals surface area (Å²) in [6.07, 6.45) is 5.57. The first-order valence-electron chi connectivity index (χ1n) is 13.0. The molecule has 6 nitrogen and oxygen atoms in total. The lowest BCUT2D eigenvalue weighted by atomic mass is 9.90. The van der Waals surface area contributed by atoms with E-state index in [2.05, 4.69) is 34.5 Å². The van der Waals surface area contributed by atoms with Crippen LogP contribution >= 0.6 is 0 Å². The maximum Gasteiger partial charge on any atom is 0.238 e. The van der Waals surface area contributed by atoms with Gasteiger partial charge in [0.25, 0.3) is 0 Å². The summed E-state index contributed by atoms with van der Waals surface area (Å²) in [7, 11) is 0. The van der Waals surface area contributed by atoms with Crippen molar-refractivity contribution in [2.45, 2.75) is 32.7 Å². The lowest BCUT2D eigenvalue weighted by molar-refractivity contribution is -0.115. The van der Waals surface area contributed by atoms with Crippen molar-refractivity contribution in [2.24, 2.45) is 4.99 Å². The first kappa shape index (κ1) is 24.8. The summed E-state index contributed by atoms with van der Waals surface area (Å²) in [5.74, 6) is 0.589. The summed E-state index contributed by atoms with van der Waals surface area (Å²) in [5.41, 5.74) is 5.26. The zero-order valence-electron chi connectivity index (χ0n) is 21.4. The van der Waals surface area contributed by atoms with Gasteiger partial charge in [-0.2, -0.15) is 0 Å². The third-order valence-corrected chi connectivity index (χ3v) is 6.62. The average molecular weight is 496 g/mol. The fourth-order valence-corrected chi connectivity index (χ4v) is 4.89. The lowest BCUT2D eigenvalue weighted by Gasteiger charge is -2.23. The molecular weight excluding hydrogens is 462 g/mol. The Hall–Kier alpha value is -3.90. The predicted octanol–water partition coefficient (Wildman–Crippen LogP) is 6.10. The minimum Gasteiger partial charge on any atom is -0.490 e. The van der Waals surface area contributed by atoms with E-state index in [1.807, 2.05) is 68.4 Å². The topological polar surface area (TPSA) is 63.2 Å². The van der Waals surface area contributed by atoms with Crippen molar-refractivity contribution in [3.05, 3.63) is 95.6 Å². The quantitative estimate of drug-likeness (QED) is 0.288. The van der Waals surface area contributed by atoms with Crippen molar-refractivity contribution >= 4 is 23.0 Å². The summed E-state index contributed by atoms with van der Waals surface area (Å²) in [4.78, 5) is 20.8. The Morgan fingerprint density at radius 1 is 0.973 bits per heavy atom. The lowest BCUT2D eigenvalue weighted by Crippen LogP contribution is -2.26. The molecule has 2 aliphatic heterocycles. The van der Waals surface area contributed by atoms with Crippen LogP contribution in [0.25, 0.3) is 0 Å². The van der Waals surface area contributed by atoms with E-state index in [9.17, 15) is 4.79 Å². The molecular formula is C31H33N3O3. The SMILES string of the molecule is CCOc1cc2c(cc1OCC)C(C(=Nc1ccc(CN3CC=CCC3)cc1)c1ccccc1)C(=O)N2. The van der Waals surface area contributed by atoms with Crippen LogP contribution in [0.4, 0.5) is 11.4 Å². The molecule has 3 aromatic rings. The number of nitrogens with one attached hydrogen (secondary N) is 1. The van der Waals surface area contributed by atoms with Gasteiger partial charge in [0.1, 0.15) is 5.92 Å². The number of ether oxygens (including phenoxy) is 2. The number of nitrogens with zero attached hydrogens (tertiary/aromatic N) is 2. The molecule has 0 bridgehead atoms. The molecule has 190 valence electrons. The first-order chi connectivity index (χ1) is 18.2. The fraction of sp³-hybridized carbons (Fsp3) is 0.290. The summed E-state index contributed by atoms with van der Waals surface area (Å²) in [6.45, 7) is 7.87. The molecule has 5 rings (SSSR count). The van der Waals surface area contributed by atoms with Crippen molar-refractivity contribution in [3.8, 4) is 11.5 Å². The second-order valence-electron chi connectivity index (χ2n) is 9.20. The van der Waals surface area contributed by atoms with Gasteiger partial charge in [-0.25, -0.2) is 0 Å². The molecule has 37 heavy (non-hydrogen) atoms. The smallest absolute Gasteiger partial charge is 0.238 e. The number of hydrogen-bond acceptors (Lipinski definition) is 5. The van der Waals surface area contributed by atoms with Gasteiger partial charge in [0.2, 0.25) is 5.91 Å². The van der Waals surface area contributed by atoms with Gasteiger partial charge < -0.3 is 14.8 Å². The summed E-state index contributed by atoms with van der Waals surface area (Å²) < 4.78 is 11.6. The molecule has 2 heterocycles. The molecule has 0 aromatic heterocycles. The Morgan fingerprint density at radius 2 is 1.70 bits per heavy atom. The van der Waals surface area contributed by atoms with Gasteiger partial charge in [-0.15, -0.1) is 0 Å². The normalized spacial score (nSPS) is 17.4. The molecule has 1 unspecified atom stereocenters. The number of aliphatic imine (C=N–C) groups is 1. The number of fused-ring (bicyclic) bond motifs is 1. The number of anilines is 1. The molecule has 0 fully saturated rings. The maximum atomic E-state index is 13.4. The summed E-state index contributed by atoms with van der Waals surface area (Å²) in [6, 6.07) is 22.0. The monoisotopic (exact) mass is 495 g/mol. The van der Waals surface area contributed by atoms with Gasteiger partial charge >= 0.3 is 0 Å². The fourth-order valence-electron chi connectivity index (χ4n) is 4.89. The van der Waals surface area contributed by atoms with Crippen LogP contribution < -0.4 is 14.8 Å². The van der Waals surface area contributed by atoms with Crippen LogP contribution in [0.3, 0.4) is 0 Å².